The fraction of sp³-hybridized carbons (Fsp3) is 0.333. The largest absolute Gasteiger partial charge is 0.342 e. The van der Waals surface area contributed by atoms with Crippen LogP contribution in [0.5, 0.6) is 0 Å². The second kappa shape index (κ2) is 14.4. The predicted molar refractivity (Wildman–Crippen MR) is 159 cm³/mol. The Hall–Kier alpha value is -4.30. The summed E-state index contributed by atoms with van der Waals surface area (Å²) in [5, 5.41) is 5.85. The van der Waals surface area contributed by atoms with Crippen molar-refractivity contribution in [2.24, 2.45) is 5.73 Å². The number of hydrogen-bond donors (Lipinski definition) is 3. The van der Waals surface area contributed by atoms with E-state index in [0.29, 0.717) is 37.1 Å². The number of carbonyl (C=O) groups is 4. The smallest absolute Gasteiger partial charge is 0.246 e. The van der Waals surface area contributed by atoms with Crippen LogP contribution in [0.4, 0.5) is 5.69 Å². The minimum atomic E-state index is -0.798. The summed E-state index contributed by atoms with van der Waals surface area (Å²) in [4.78, 5) is 54.7. The maximum atomic E-state index is 13.8. The highest BCUT2D eigenvalue weighted by Gasteiger charge is 2.36. The van der Waals surface area contributed by atoms with E-state index in [2.05, 4.69) is 10.6 Å². The van der Waals surface area contributed by atoms with Crippen molar-refractivity contribution >= 4 is 29.2 Å². The number of anilines is 1. The van der Waals surface area contributed by atoms with Crippen LogP contribution in [0.3, 0.4) is 0 Å². The van der Waals surface area contributed by atoms with Crippen molar-refractivity contribution in [3.05, 3.63) is 101 Å². The number of ketones is 1. The highest BCUT2D eigenvalue weighted by atomic mass is 16.2. The third-order valence-corrected chi connectivity index (χ3v) is 7.40. The molecule has 3 aromatic rings. The first-order valence-corrected chi connectivity index (χ1v) is 14.2. The molecule has 8 heteroatoms. The molecule has 0 saturated carbocycles. The van der Waals surface area contributed by atoms with E-state index in [1.165, 1.54) is 0 Å². The van der Waals surface area contributed by atoms with Crippen LogP contribution in [0.25, 0.3) is 0 Å². The summed E-state index contributed by atoms with van der Waals surface area (Å²) in [6.45, 7) is 2.69. The van der Waals surface area contributed by atoms with E-state index < -0.39 is 12.1 Å². The SMILES string of the molecule is Cc1cccc(NC(=O)[C@H](CCCCN)NC(=O)[C@@H]2Cc3ccccc3CN2C(=O)CCC(=O)c2ccccc2)c1. The third-order valence-electron chi connectivity index (χ3n) is 7.40. The summed E-state index contributed by atoms with van der Waals surface area (Å²) in [6.07, 6.45) is 2.18. The van der Waals surface area contributed by atoms with Crippen LogP contribution in [-0.4, -0.2) is 47.0 Å². The van der Waals surface area contributed by atoms with Crippen molar-refractivity contribution in [2.45, 2.75) is 64.1 Å². The second-order valence-electron chi connectivity index (χ2n) is 10.5. The van der Waals surface area contributed by atoms with E-state index in [-0.39, 0.29) is 42.9 Å². The van der Waals surface area contributed by atoms with Gasteiger partial charge in [0, 0.05) is 37.1 Å². The van der Waals surface area contributed by atoms with E-state index >= 15 is 0 Å². The summed E-state index contributed by atoms with van der Waals surface area (Å²) >= 11 is 0. The molecule has 8 nitrogen and oxygen atoms in total. The van der Waals surface area contributed by atoms with Gasteiger partial charge in [0.1, 0.15) is 12.1 Å². The fourth-order valence-electron chi connectivity index (χ4n) is 5.13. The molecule has 1 aliphatic rings. The van der Waals surface area contributed by atoms with Crippen LogP contribution < -0.4 is 16.4 Å². The zero-order valence-corrected chi connectivity index (χ0v) is 23.5. The van der Waals surface area contributed by atoms with E-state index in [1.54, 1.807) is 35.2 Å². The maximum absolute atomic E-state index is 13.8. The van der Waals surface area contributed by atoms with E-state index in [1.807, 2.05) is 55.5 Å². The lowest BCUT2D eigenvalue weighted by Crippen LogP contribution is -2.56. The fourth-order valence-corrected chi connectivity index (χ4v) is 5.13. The van der Waals surface area contributed by atoms with Crippen molar-refractivity contribution in [1.82, 2.24) is 10.2 Å². The standard InChI is InChI=1S/C33H38N4O4/c1-23-10-9-15-27(20-23)35-32(40)28(16-7-8-19-34)36-33(41)29-21-25-13-5-6-14-26(25)22-37(29)31(39)18-17-30(38)24-11-3-2-4-12-24/h2-6,9-15,20,28-29H,7-8,16-19,21-22,34H2,1H3,(H,35,40)(H,36,41)/t28-,29-/m0/s1. The first kappa shape index (κ1) is 29.7. The minimum Gasteiger partial charge on any atom is -0.342 e. The molecule has 4 rings (SSSR count). The van der Waals surface area contributed by atoms with Gasteiger partial charge < -0.3 is 21.3 Å². The van der Waals surface area contributed by atoms with Crippen LogP contribution in [0.2, 0.25) is 0 Å². The maximum Gasteiger partial charge on any atom is 0.246 e. The Bertz CT molecular complexity index is 1370. The molecule has 3 amide bonds. The molecule has 4 N–H and O–H groups in total. The number of nitrogens with zero attached hydrogens (tertiary/aromatic N) is 1. The van der Waals surface area contributed by atoms with Crippen LogP contribution in [0.15, 0.2) is 78.9 Å². The van der Waals surface area contributed by atoms with Crippen molar-refractivity contribution < 1.29 is 19.2 Å². The molecule has 0 radical (unpaired) electrons. The van der Waals surface area contributed by atoms with Gasteiger partial charge in [0.15, 0.2) is 5.78 Å². The average molecular weight is 555 g/mol. The number of fused-ring (bicyclic) bond motifs is 1. The van der Waals surface area contributed by atoms with Gasteiger partial charge in [-0.2, -0.15) is 0 Å². The van der Waals surface area contributed by atoms with E-state index in [0.717, 1.165) is 23.1 Å². The van der Waals surface area contributed by atoms with Gasteiger partial charge in [-0.05, 0) is 61.6 Å². The summed E-state index contributed by atoms with van der Waals surface area (Å²) in [6, 6.07) is 22.5. The number of Topliss-reactive ketones (excluding diaryl/α,β-unsaturated/α-hetero) is 1. The van der Waals surface area contributed by atoms with Gasteiger partial charge in [-0.15, -0.1) is 0 Å². The number of carbonyl (C=O) groups excluding carboxylic acids is 4. The monoisotopic (exact) mass is 554 g/mol. The number of benzene rings is 3. The molecular formula is C33H38N4O4. The van der Waals surface area contributed by atoms with Gasteiger partial charge >= 0.3 is 0 Å². The number of unbranched alkanes of at least 4 members (excludes halogenated alkanes) is 1. The molecule has 0 unspecified atom stereocenters. The lowest BCUT2D eigenvalue weighted by Gasteiger charge is -2.37. The van der Waals surface area contributed by atoms with Crippen molar-refractivity contribution in [2.75, 3.05) is 11.9 Å². The third kappa shape index (κ3) is 8.11. The molecule has 2 atom stereocenters. The summed E-state index contributed by atoms with van der Waals surface area (Å²) < 4.78 is 0. The molecular weight excluding hydrogens is 516 g/mol. The topological polar surface area (TPSA) is 122 Å². The highest BCUT2D eigenvalue weighted by molar-refractivity contribution is 6.00. The van der Waals surface area contributed by atoms with Gasteiger partial charge in [0.2, 0.25) is 17.7 Å². The number of nitrogens with one attached hydrogen (secondary N) is 2. The van der Waals surface area contributed by atoms with Gasteiger partial charge in [-0.3, -0.25) is 19.2 Å². The number of amides is 3. The summed E-state index contributed by atoms with van der Waals surface area (Å²) in [5.74, 6) is -1.10. The Morgan fingerprint density at radius 3 is 2.37 bits per heavy atom. The Balaban J connectivity index is 1.50. The van der Waals surface area contributed by atoms with Crippen LogP contribution in [0, 0.1) is 6.92 Å². The predicted octanol–water partition coefficient (Wildman–Crippen LogP) is 4.16. The Labute approximate surface area is 241 Å². The van der Waals surface area contributed by atoms with Gasteiger partial charge in [0.25, 0.3) is 0 Å². The van der Waals surface area contributed by atoms with E-state index in [9.17, 15) is 19.2 Å². The zero-order chi connectivity index (χ0) is 29.2. The lowest BCUT2D eigenvalue weighted by molar-refractivity contribution is -0.142. The van der Waals surface area contributed by atoms with E-state index in [4.69, 9.17) is 5.73 Å². The molecule has 1 aliphatic heterocycles. The van der Waals surface area contributed by atoms with Crippen LogP contribution >= 0.6 is 0 Å². The number of aryl methyl sites for hydroxylation is 1. The Kier molecular flexibility index (Phi) is 10.4. The molecule has 0 aliphatic carbocycles. The summed E-state index contributed by atoms with van der Waals surface area (Å²) in [7, 11) is 0. The molecule has 0 bridgehead atoms. The van der Waals surface area contributed by atoms with Crippen LogP contribution in [-0.2, 0) is 27.3 Å². The molecule has 214 valence electrons. The lowest BCUT2D eigenvalue weighted by atomic mass is 9.92. The first-order chi connectivity index (χ1) is 19.9. The van der Waals surface area contributed by atoms with Crippen molar-refractivity contribution in [3.8, 4) is 0 Å². The van der Waals surface area contributed by atoms with Crippen LogP contribution in [0.1, 0.15) is 59.2 Å². The summed E-state index contributed by atoms with van der Waals surface area (Å²) in [5.41, 5.74) is 9.85. The first-order valence-electron chi connectivity index (χ1n) is 14.2. The minimum absolute atomic E-state index is 0.00650. The Morgan fingerprint density at radius 2 is 1.63 bits per heavy atom. The highest BCUT2D eigenvalue weighted by Crippen LogP contribution is 2.25. The normalized spacial score (nSPS) is 15.0. The molecule has 3 aromatic carbocycles. The Morgan fingerprint density at radius 1 is 0.902 bits per heavy atom. The van der Waals surface area contributed by atoms with Crippen molar-refractivity contribution in [3.63, 3.8) is 0 Å². The molecule has 0 fully saturated rings. The average Bonchev–Trinajstić information content (AvgIpc) is 2.99. The molecule has 0 aromatic heterocycles. The number of nitrogens with two attached hydrogens (primary N) is 1. The molecule has 1 heterocycles. The van der Waals surface area contributed by atoms with Gasteiger partial charge in [0.05, 0.1) is 0 Å². The zero-order valence-electron chi connectivity index (χ0n) is 23.5. The van der Waals surface area contributed by atoms with Gasteiger partial charge in [-0.25, -0.2) is 0 Å². The molecule has 0 saturated heterocycles. The second-order valence-corrected chi connectivity index (χ2v) is 10.5. The van der Waals surface area contributed by atoms with Gasteiger partial charge in [-0.1, -0.05) is 66.7 Å². The number of rotatable bonds is 12. The quantitative estimate of drug-likeness (QED) is 0.229. The van der Waals surface area contributed by atoms with Crippen molar-refractivity contribution in [1.29, 1.82) is 0 Å². The molecule has 0 spiro atoms. The molecule has 41 heavy (non-hydrogen) atoms. The number of hydrogen-bond acceptors (Lipinski definition) is 5.